The van der Waals surface area contributed by atoms with Gasteiger partial charge in [0, 0.05) is 17.6 Å². The summed E-state index contributed by atoms with van der Waals surface area (Å²) in [6.45, 7) is 1.67. The third kappa shape index (κ3) is 3.97. The van der Waals surface area contributed by atoms with E-state index in [1.54, 1.807) is 11.8 Å². The van der Waals surface area contributed by atoms with Crippen LogP contribution < -0.4 is 0 Å². The number of carbonyl (C=O) groups is 1. The Bertz CT molecular complexity index is 143. The molecule has 3 nitrogen and oxygen atoms in total. The SMILES string of the molecule is O=C(O)CCSC1CCCOC1. The lowest BCUT2D eigenvalue weighted by Gasteiger charge is -2.20. The van der Waals surface area contributed by atoms with E-state index in [-0.39, 0.29) is 6.42 Å². The third-order valence-electron chi connectivity index (χ3n) is 1.79. The molecule has 0 amide bonds. The lowest BCUT2D eigenvalue weighted by molar-refractivity contribution is -0.136. The second-order valence-electron chi connectivity index (χ2n) is 2.85. The van der Waals surface area contributed by atoms with Crippen LogP contribution in [0.25, 0.3) is 0 Å². The Morgan fingerprint density at radius 1 is 1.67 bits per heavy atom. The molecule has 4 heteroatoms. The van der Waals surface area contributed by atoms with Gasteiger partial charge in [-0.2, -0.15) is 11.8 Å². The number of ether oxygens (including phenoxy) is 1. The quantitative estimate of drug-likeness (QED) is 0.727. The highest BCUT2D eigenvalue weighted by Crippen LogP contribution is 2.20. The first-order valence-electron chi connectivity index (χ1n) is 4.20. The van der Waals surface area contributed by atoms with Gasteiger partial charge in [-0.05, 0) is 12.8 Å². The maximum absolute atomic E-state index is 10.2. The molecule has 0 saturated carbocycles. The van der Waals surface area contributed by atoms with Gasteiger partial charge in [-0.15, -0.1) is 0 Å². The van der Waals surface area contributed by atoms with Gasteiger partial charge in [-0.25, -0.2) is 0 Å². The first-order chi connectivity index (χ1) is 5.79. The fourth-order valence-corrected chi connectivity index (χ4v) is 2.31. The van der Waals surface area contributed by atoms with Crippen LogP contribution in [0.5, 0.6) is 0 Å². The predicted octanol–water partition coefficient (Wildman–Crippen LogP) is 1.37. The van der Waals surface area contributed by atoms with Crippen LogP contribution in [0.1, 0.15) is 19.3 Å². The van der Waals surface area contributed by atoms with E-state index in [0.29, 0.717) is 11.0 Å². The highest BCUT2D eigenvalue weighted by molar-refractivity contribution is 7.99. The molecule has 12 heavy (non-hydrogen) atoms. The smallest absolute Gasteiger partial charge is 0.304 e. The molecule has 70 valence electrons. The molecule has 1 aliphatic rings. The summed E-state index contributed by atoms with van der Waals surface area (Å²) in [5, 5.41) is 8.92. The lowest BCUT2D eigenvalue weighted by Crippen LogP contribution is -2.19. The number of thioether (sulfide) groups is 1. The van der Waals surface area contributed by atoms with Gasteiger partial charge < -0.3 is 9.84 Å². The van der Waals surface area contributed by atoms with Crippen LogP contribution in [0.2, 0.25) is 0 Å². The average molecular weight is 190 g/mol. The van der Waals surface area contributed by atoms with Crippen LogP contribution in [0.3, 0.4) is 0 Å². The molecule has 0 spiro atoms. The van der Waals surface area contributed by atoms with Crippen LogP contribution >= 0.6 is 11.8 Å². The molecule has 1 fully saturated rings. The number of carboxylic acid groups (broad SMARTS) is 1. The largest absolute Gasteiger partial charge is 0.481 e. The zero-order valence-electron chi connectivity index (χ0n) is 6.99. The lowest BCUT2D eigenvalue weighted by atomic mass is 10.2. The van der Waals surface area contributed by atoms with Crippen molar-refractivity contribution in [3.8, 4) is 0 Å². The van der Waals surface area contributed by atoms with Gasteiger partial charge in [0.05, 0.1) is 13.0 Å². The molecule has 0 bridgehead atoms. The van der Waals surface area contributed by atoms with Crippen LogP contribution in [0, 0.1) is 0 Å². The normalized spacial score (nSPS) is 23.8. The average Bonchev–Trinajstić information content (AvgIpc) is 2.05. The van der Waals surface area contributed by atoms with Crippen molar-refractivity contribution >= 4 is 17.7 Å². The molecule has 0 aromatic rings. The van der Waals surface area contributed by atoms with E-state index in [4.69, 9.17) is 9.84 Å². The summed E-state index contributed by atoms with van der Waals surface area (Å²) in [5.41, 5.74) is 0. The van der Waals surface area contributed by atoms with Crippen molar-refractivity contribution < 1.29 is 14.6 Å². The van der Waals surface area contributed by atoms with Crippen molar-refractivity contribution in [3.63, 3.8) is 0 Å². The molecule has 0 aliphatic carbocycles. The molecule has 1 aliphatic heterocycles. The molecule has 1 atom stereocenters. The number of hydrogen-bond donors (Lipinski definition) is 1. The Hall–Kier alpha value is -0.220. The Morgan fingerprint density at radius 2 is 2.50 bits per heavy atom. The summed E-state index contributed by atoms with van der Waals surface area (Å²) in [6.07, 6.45) is 2.55. The molecule has 1 heterocycles. The number of rotatable bonds is 4. The summed E-state index contributed by atoms with van der Waals surface area (Å²) in [5.74, 6) is 0.00262. The first kappa shape index (κ1) is 9.86. The standard InChI is InChI=1S/C8H14O3S/c9-8(10)3-5-12-7-2-1-4-11-6-7/h7H,1-6H2,(H,9,10). The van der Waals surface area contributed by atoms with E-state index in [0.717, 1.165) is 19.6 Å². The van der Waals surface area contributed by atoms with Crippen LogP contribution in [0.15, 0.2) is 0 Å². The summed E-state index contributed by atoms with van der Waals surface area (Å²) < 4.78 is 5.27. The molecular formula is C8H14O3S. The van der Waals surface area contributed by atoms with Gasteiger partial charge in [0.2, 0.25) is 0 Å². The third-order valence-corrected chi connectivity index (χ3v) is 3.07. The molecule has 1 saturated heterocycles. The van der Waals surface area contributed by atoms with E-state index in [9.17, 15) is 4.79 Å². The highest BCUT2D eigenvalue weighted by atomic mass is 32.2. The molecule has 0 aromatic carbocycles. The summed E-state index contributed by atoms with van der Waals surface area (Å²) in [4.78, 5) is 10.2. The zero-order valence-corrected chi connectivity index (χ0v) is 7.81. The zero-order chi connectivity index (χ0) is 8.81. The minimum Gasteiger partial charge on any atom is -0.481 e. The maximum Gasteiger partial charge on any atom is 0.304 e. The van der Waals surface area contributed by atoms with Crippen molar-refractivity contribution in [1.82, 2.24) is 0 Å². The Balaban J connectivity index is 2.01. The fraction of sp³-hybridized carbons (Fsp3) is 0.875. The van der Waals surface area contributed by atoms with Gasteiger partial charge in [-0.1, -0.05) is 0 Å². The van der Waals surface area contributed by atoms with Gasteiger partial charge in [-0.3, -0.25) is 4.79 Å². The number of hydrogen-bond acceptors (Lipinski definition) is 3. The monoisotopic (exact) mass is 190 g/mol. The first-order valence-corrected chi connectivity index (χ1v) is 5.25. The van der Waals surface area contributed by atoms with Crippen molar-refractivity contribution in [1.29, 1.82) is 0 Å². The fourth-order valence-electron chi connectivity index (χ4n) is 1.16. The molecular weight excluding hydrogens is 176 g/mol. The van der Waals surface area contributed by atoms with Crippen molar-refractivity contribution in [2.24, 2.45) is 0 Å². The van der Waals surface area contributed by atoms with E-state index in [1.807, 2.05) is 0 Å². The summed E-state index contributed by atoms with van der Waals surface area (Å²) in [7, 11) is 0. The Morgan fingerprint density at radius 3 is 3.08 bits per heavy atom. The highest BCUT2D eigenvalue weighted by Gasteiger charge is 2.13. The van der Waals surface area contributed by atoms with E-state index < -0.39 is 5.97 Å². The second kappa shape index (κ2) is 5.43. The van der Waals surface area contributed by atoms with E-state index >= 15 is 0 Å². The summed E-state index contributed by atoms with van der Waals surface area (Å²) >= 11 is 1.72. The molecule has 1 N–H and O–H groups in total. The van der Waals surface area contributed by atoms with Crippen LogP contribution in [-0.4, -0.2) is 35.3 Å². The van der Waals surface area contributed by atoms with Gasteiger partial charge in [0.15, 0.2) is 0 Å². The van der Waals surface area contributed by atoms with Crippen molar-refractivity contribution in [3.05, 3.63) is 0 Å². The molecule has 1 unspecified atom stereocenters. The second-order valence-corrected chi connectivity index (χ2v) is 4.26. The minimum atomic E-state index is -0.709. The van der Waals surface area contributed by atoms with Gasteiger partial charge in [0.25, 0.3) is 0 Å². The predicted molar refractivity (Wildman–Crippen MR) is 48.6 cm³/mol. The van der Waals surface area contributed by atoms with Crippen molar-refractivity contribution in [2.75, 3.05) is 19.0 Å². The van der Waals surface area contributed by atoms with E-state index in [1.165, 1.54) is 6.42 Å². The molecule has 0 aromatic heterocycles. The number of aliphatic carboxylic acids is 1. The van der Waals surface area contributed by atoms with Gasteiger partial charge >= 0.3 is 5.97 Å². The number of carboxylic acids is 1. The Labute approximate surface area is 76.5 Å². The maximum atomic E-state index is 10.2. The Kier molecular flexibility index (Phi) is 4.46. The molecule has 1 rings (SSSR count). The minimum absolute atomic E-state index is 0.265. The van der Waals surface area contributed by atoms with E-state index in [2.05, 4.69) is 0 Å². The van der Waals surface area contributed by atoms with Crippen LogP contribution in [0.4, 0.5) is 0 Å². The van der Waals surface area contributed by atoms with Crippen molar-refractivity contribution in [2.45, 2.75) is 24.5 Å². The van der Waals surface area contributed by atoms with Crippen LogP contribution in [-0.2, 0) is 9.53 Å². The summed E-state index contributed by atoms with van der Waals surface area (Å²) in [6, 6.07) is 0. The molecule has 0 radical (unpaired) electrons. The topological polar surface area (TPSA) is 46.5 Å². The van der Waals surface area contributed by atoms with Gasteiger partial charge in [0.1, 0.15) is 0 Å².